The average molecular weight is 295 g/mol. The normalized spacial score (nSPS) is 10.8. The summed E-state index contributed by atoms with van der Waals surface area (Å²) < 4.78 is 6.28. The van der Waals surface area contributed by atoms with Gasteiger partial charge < -0.3 is 10.5 Å². The minimum Gasteiger partial charge on any atom is -0.494 e. The maximum Gasteiger partial charge on any atom is 0.145 e. The van der Waals surface area contributed by atoms with Gasteiger partial charge in [0.15, 0.2) is 0 Å². The number of ether oxygens (including phenoxy) is 1. The van der Waals surface area contributed by atoms with Gasteiger partial charge in [-0.25, -0.2) is 4.98 Å². The predicted molar refractivity (Wildman–Crippen MR) is 74.4 cm³/mol. The van der Waals surface area contributed by atoms with Gasteiger partial charge >= 0.3 is 0 Å². The first-order valence-electron chi connectivity index (χ1n) is 5.59. The molecule has 1 aromatic carbocycles. The van der Waals surface area contributed by atoms with Crippen molar-refractivity contribution in [3.8, 4) is 5.75 Å². The predicted octanol–water partition coefficient (Wildman–Crippen LogP) is 3.54. The van der Waals surface area contributed by atoms with Crippen LogP contribution in [-0.2, 0) is 6.42 Å². The van der Waals surface area contributed by atoms with E-state index in [9.17, 15) is 0 Å². The number of benzene rings is 1. The van der Waals surface area contributed by atoms with Gasteiger partial charge in [-0.05, 0) is 24.6 Å². The van der Waals surface area contributed by atoms with E-state index in [1.54, 1.807) is 7.11 Å². The van der Waals surface area contributed by atoms with E-state index < -0.39 is 0 Å². The molecule has 0 aliphatic carbocycles. The zero-order valence-electron chi connectivity index (χ0n) is 9.96. The molecule has 17 heavy (non-hydrogen) atoms. The molecule has 0 unspecified atom stereocenters. The highest BCUT2D eigenvalue weighted by atomic mass is 79.9. The first-order chi connectivity index (χ1) is 8.17. The quantitative estimate of drug-likeness (QED) is 0.942. The van der Waals surface area contributed by atoms with Crippen molar-refractivity contribution in [2.75, 3.05) is 12.8 Å². The number of nitrogens with two attached hydrogens (primary N) is 1. The van der Waals surface area contributed by atoms with Gasteiger partial charge in [0.2, 0.25) is 0 Å². The molecule has 2 N–H and O–H groups in total. The Balaban J connectivity index is 2.75. The first kappa shape index (κ1) is 12.2. The Kier molecular flexibility index (Phi) is 3.52. The highest BCUT2D eigenvalue weighted by molar-refractivity contribution is 9.10. The van der Waals surface area contributed by atoms with Gasteiger partial charge in [-0.1, -0.05) is 29.3 Å². The van der Waals surface area contributed by atoms with E-state index in [-0.39, 0.29) is 0 Å². The third-order valence-electron chi connectivity index (χ3n) is 2.68. The number of aryl methyl sites for hydroxylation is 1. The van der Waals surface area contributed by atoms with E-state index in [0.29, 0.717) is 0 Å². The molecule has 2 aromatic rings. The number of anilines is 1. The molecule has 0 bridgehead atoms. The number of aromatic nitrogens is 1. The molecule has 0 amide bonds. The first-order valence-corrected chi connectivity index (χ1v) is 6.38. The van der Waals surface area contributed by atoms with E-state index in [1.807, 2.05) is 18.2 Å². The summed E-state index contributed by atoms with van der Waals surface area (Å²) >= 11 is 3.50. The molecule has 3 nitrogen and oxygen atoms in total. The van der Waals surface area contributed by atoms with Crippen LogP contribution in [0, 0.1) is 0 Å². The second kappa shape index (κ2) is 4.92. The summed E-state index contributed by atoms with van der Waals surface area (Å²) in [7, 11) is 1.65. The second-order valence-corrected chi connectivity index (χ2v) is 4.78. The average Bonchev–Trinajstić information content (AvgIpc) is 2.29. The zero-order chi connectivity index (χ0) is 12.4. The van der Waals surface area contributed by atoms with Crippen LogP contribution in [0.25, 0.3) is 10.9 Å². The van der Waals surface area contributed by atoms with Crippen molar-refractivity contribution in [2.45, 2.75) is 19.8 Å². The Morgan fingerprint density at radius 1 is 1.41 bits per heavy atom. The number of pyridine rings is 1. The number of hydrogen-bond donors (Lipinski definition) is 1. The van der Waals surface area contributed by atoms with Crippen molar-refractivity contribution in [1.82, 2.24) is 4.98 Å². The Morgan fingerprint density at radius 2 is 2.18 bits per heavy atom. The van der Waals surface area contributed by atoms with Crippen LogP contribution < -0.4 is 10.5 Å². The molecule has 2 rings (SSSR count). The Morgan fingerprint density at radius 3 is 2.82 bits per heavy atom. The molecule has 4 heteroatoms. The number of halogens is 1. The van der Waals surface area contributed by atoms with Crippen molar-refractivity contribution in [3.05, 3.63) is 28.4 Å². The summed E-state index contributed by atoms with van der Waals surface area (Å²) in [5, 5.41) is 0.921. The summed E-state index contributed by atoms with van der Waals surface area (Å²) in [6.45, 7) is 2.13. The van der Waals surface area contributed by atoms with Crippen LogP contribution in [0.15, 0.2) is 22.7 Å². The molecule has 90 valence electrons. The number of hydrogen-bond acceptors (Lipinski definition) is 3. The molecule has 1 heterocycles. The molecule has 0 fully saturated rings. The second-order valence-electron chi connectivity index (χ2n) is 3.93. The molecule has 0 saturated carbocycles. The molecule has 0 aliphatic rings. The number of nitrogen functional groups attached to an aromatic ring is 1. The molecule has 0 saturated heterocycles. The molecule has 0 aliphatic heterocycles. The summed E-state index contributed by atoms with van der Waals surface area (Å²) in [6.07, 6.45) is 1.98. The number of rotatable bonds is 3. The maximum absolute atomic E-state index is 6.09. The van der Waals surface area contributed by atoms with Crippen LogP contribution >= 0.6 is 15.9 Å². The lowest BCUT2D eigenvalue weighted by atomic mass is 10.1. The van der Waals surface area contributed by atoms with Gasteiger partial charge in [0.1, 0.15) is 11.3 Å². The van der Waals surface area contributed by atoms with E-state index in [2.05, 4.69) is 27.8 Å². The largest absolute Gasteiger partial charge is 0.494 e. The number of nitrogens with zero attached hydrogens (tertiary/aromatic N) is 1. The van der Waals surface area contributed by atoms with Crippen LogP contribution in [0.3, 0.4) is 0 Å². The van der Waals surface area contributed by atoms with Gasteiger partial charge in [0, 0.05) is 21.2 Å². The summed E-state index contributed by atoms with van der Waals surface area (Å²) in [4.78, 5) is 4.62. The molecular formula is C13H15BrN2O. The van der Waals surface area contributed by atoms with E-state index >= 15 is 0 Å². The van der Waals surface area contributed by atoms with E-state index in [1.165, 1.54) is 0 Å². The fourth-order valence-corrected chi connectivity index (χ4v) is 2.46. The van der Waals surface area contributed by atoms with Gasteiger partial charge in [-0.3, -0.25) is 0 Å². The molecule has 1 aromatic heterocycles. The van der Waals surface area contributed by atoms with Crippen LogP contribution in [0.2, 0.25) is 0 Å². The van der Waals surface area contributed by atoms with Crippen molar-refractivity contribution < 1.29 is 4.74 Å². The SMILES string of the molecule is CCCc1cc(N)c2c(Br)ccc(OC)c2n1. The lowest BCUT2D eigenvalue weighted by Gasteiger charge is -2.10. The highest BCUT2D eigenvalue weighted by Gasteiger charge is 2.11. The van der Waals surface area contributed by atoms with Crippen molar-refractivity contribution >= 4 is 32.5 Å². The minimum absolute atomic E-state index is 0.740. The lowest BCUT2D eigenvalue weighted by Crippen LogP contribution is -1.98. The lowest BCUT2D eigenvalue weighted by molar-refractivity contribution is 0.418. The minimum atomic E-state index is 0.740. The van der Waals surface area contributed by atoms with Gasteiger partial charge in [0.25, 0.3) is 0 Å². The van der Waals surface area contributed by atoms with Gasteiger partial charge in [-0.2, -0.15) is 0 Å². The summed E-state index contributed by atoms with van der Waals surface area (Å²) in [5.41, 5.74) is 8.66. The summed E-state index contributed by atoms with van der Waals surface area (Å²) in [5.74, 6) is 0.757. The van der Waals surface area contributed by atoms with E-state index in [4.69, 9.17) is 10.5 Å². The zero-order valence-corrected chi connectivity index (χ0v) is 11.5. The third-order valence-corrected chi connectivity index (χ3v) is 3.34. The Bertz CT molecular complexity index is 555. The number of methoxy groups -OCH3 is 1. The Labute approximate surface area is 109 Å². The van der Waals surface area contributed by atoms with Crippen molar-refractivity contribution in [2.24, 2.45) is 0 Å². The molecular weight excluding hydrogens is 280 g/mol. The van der Waals surface area contributed by atoms with E-state index in [0.717, 1.165) is 45.3 Å². The molecule has 0 radical (unpaired) electrons. The molecule has 0 spiro atoms. The third kappa shape index (κ3) is 2.22. The number of fused-ring (bicyclic) bond motifs is 1. The fraction of sp³-hybridized carbons (Fsp3) is 0.308. The fourth-order valence-electron chi connectivity index (χ4n) is 1.91. The van der Waals surface area contributed by atoms with Crippen LogP contribution in [0.1, 0.15) is 19.0 Å². The Hall–Kier alpha value is -1.29. The standard InChI is InChI=1S/C13H15BrN2O/c1-3-4-8-7-10(15)12-9(14)5-6-11(17-2)13(12)16-8/h5-7H,3-4H2,1-2H3,(H2,15,16). The molecule has 0 atom stereocenters. The highest BCUT2D eigenvalue weighted by Crippen LogP contribution is 2.34. The monoisotopic (exact) mass is 294 g/mol. The maximum atomic E-state index is 6.09. The van der Waals surface area contributed by atoms with Crippen LogP contribution in [-0.4, -0.2) is 12.1 Å². The van der Waals surface area contributed by atoms with Gasteiger partial charge in [0.05, 0.1) is 7.11 Å². The van der Waals surface area contributed by atoms with Crippen molar-refractivity contribution in [1.29, 1.82) is 0 Å². The van der Waals surface area contributed by atoms with Gasteiger partial charge in [-0.15, -0.1) is 0 Å². The van der Waals surface area contributed by atoms with Crippen LogP contribution in [0.4, 0.5) is 5.69 Å². The smallest absolute Gasteiger partial charge is 0.145 e. The summed E-state index contributed by atoms with van der Waals surface area (Å²) in [6, 6.07) is 5.77. The van der Waals surface area contributed by atoms with Crippen molar-refractivity contribution in [3.63, 3.8) is 0 Å². The van der Waals surface area contributed by atoms with Crippen LogP contribution in [0.5, 0.6) is 5.75 Å². The topological polar surface area (TPSA) is 48.1 Å².